The second-order valence-electron chi connectivity index (χ2n) is 6.92. The van der Waals surface area contributed by atoms with Gasteiger partial charge in [0.2, 0.25) is 0 Å². The number of aromatic amines is 2. The van der Waals surface area contributed by atoms with Gasteiger partial charge in [-0.1, -0.05) is 18.2 Å². The van der Waals surface area contributed by atoms with E-state index in [9.17, 15) is 0 Å². The molecule has 30 heavy (non-hydrogen) atoms. The molecular weight excluding hydrogens is 374 g/mol. The van der Waals surface area contributed by atoms with Crippen LogP contribution >= 0.6 is 0 Å². The molecule has 6 rings (SSSR count). The van der Waals surface area contributed by atoms with Crippen molar-refractivity contribution in [3.8, 4) is 34.0 Å². The summed E-state index contributed by atoms with van der Waals surface area (Å²) in [6, 6.07) is 18.1. The average molecular weight is 389 g/mol. The van der Waals surface area contributed by atoms with Crippen LogP contribution in [0, 0.1) is 0 Å². The van der Waals surface area contributed by atoms with Crippen LogP contribution in [0.3, 0.4) is 0 Å². The van der Waals surface area contributed by atoms with Crippen molar-refractivity contribution >= 4 is 21.9 Å². The zero-order valence-electron chi connectivity index (χ0n) is 15.7. The maximum absolute atomic E-state index is 4.80. The fourth-order valence-electron chi connectivity index (χ4n) is 3.69. The number of aromatic nitrogens is 7. The van der Waals surface area contributed by atoms with Gasteiger partial charge in [-0.2, -0.15) is 5.10 Å². The zero-order valence-corrected chi connectivity index (χ0v) is 15.7. The van der Waals surface area contributed by atoms with Crippen molar-refractivity contribution in [1.82, 2.24) is 35.1 Å². The second-order valence-corrected chi connectivity index (χ2v) is 6.92. The van der Waals surface area contributed by atoms with E-state index in [1.165, 1.54) is 0 Å². The van der Waals surface area contributed by atoms with Crippen molar-refractivity contribution in [3.63, 3.8) is 0 Å². The molecule has 7 nitrogen and oxygen atoms in total. The normalized spacial score (nSPS) is 11.3. The maximum atomic E-state index is 4.80. The molecule has 0 radical (unpaired) electrons. The van der Waals surface area contributed by atoms with Crippen molar-refractivity contribution < 1.29 is 0 Å². The predicted molar refractivity (Wildman–Crippen MR) is 115 cm³/mol. The molecule has 0 saturated heterocycles. The van der Waals surface area contributed by atoms with Crippen LogP contribution in [-0.4, -0.2) is 35.1 Å². The second kappa shape index (κ2) is 6.59. The third kappa shape index (κ3) is 2.64. The van der Waals surface area contributed by atoms with Gasteiger partial charge in [0, 0.05) is 35.1 Å². The van der Waals surface area contributed by atoms with Crippen LogP contribution in [-0.2, 0) is 0 Å². The summed E-state index contributed by atoms with van der Waals surface area (Å²) in [5.74, 6) is 0. The van der Waals surface area contributed by atoms with E-state index in [4.69, 9.17) is 4.98 Å². The van der Waals surface area contributed by atoms with Gasteiger partial charge in [-0.05, 0) is 36.4 Å². The van der Waals surface area contributed by atoms with Gasteiger partial charge in [-0.25, -0.2) is 4.98 Å². The number of benzene rings is 1. The lowest BCUT2D eigenvalue weighted by atomic mass is 10.1. The molecule has 0 spiro atoms. The first-order valence-corrected chi connectivity index (χ1v) is 9.52. The van der Waals surface area contributed by atoms with Crippen LogP contribution < -0.4 is 0 Å². The molecule has 0 amide bonds. The van der Waals surface area contributed by atoms with E-state index < -0.39 is 0 Å². The van der Waals surface area contributed by atoms with Gasteiger partial charge in [-0.15, -0.1) is 0 Å². The van der Waals surface area contributed by atoms with Gasteiger partial charge in [0.15, 0.2) is 0 Å². The molecule has 0 aliphatic heterocycles. The monoisotopic (exact) mass is 389 g/mol. The number of H-pyrrole nitrogens is 2. The van der Waals surface area contributed by atoms with E-state index in [0.29, 0.717) is 0 Å². The Bertz CT molecular complexity index is 1480. The van der Waals surface area contributed by atoms with Gasteiger partial charge in [0.1, 0.15) is 16.9 Å². The molecular formula is C23H15N7. The fraction of sp³-hybridized carbons (Fsp3) is 0. The Morgan fingerprint density at radius 2 is 1.70 bits per heavy atom. The van der Waals surface area contributed by atoms with Gasteiger partial charge >= 0.3 is 0 Å². The van der Waals surface area contributed by atoms with E-state index in [0.717, 1.165) is 56.0 Å². The van der Waals surface area contributed by atoms with Crippen molar-refractivity contribution in [2.75, 3.05) is 0 Å². The van der Waals surface area contributed by atoms with Gasteiger partial charge < -0.3 is 4.98 Å². The third-order valence-corrected chi connectivity index (χ3v) is 5.09. The number of rotatable bonds is 3. The summed E-state index contributed by atoms with van der Waals surface area (Å²) in [6.07, 6.45) is 6.82. The Morgan fingerprint density at radius 1 is 0.733 bits per heavy atom. The van der Waals surface area contributed by atoms with E-state index in [1.54, 1.807) is 24.8 Å². The summed E-state index contributed by atoms with van der Waals surface area (Å²) < 4.78 is 0. The molecule has 0 atom stereocenters. The summed E-state index contributed by atoms with van der Waals surface area (Å²) in [5, 5.41) is 8.69. The van der Waals surface area contributed by atoms with E-state index in [-0.39, 0.29) is 0 Å². The molecule has 142 valence electrons. The largest absolute Gasteiger partial charge is 0.353 e. The zero-order chi connectivity index (χ0) is 19.9. The molecule has 0 aliphatic carbocycles. The molecule has 0 saturated carbocycles. The molecule has 2 N–H and O–H groups in total. The first kappa shape index (κ1) is 16.6. The summed E-state index contributed by atoms with van der Waals surface area (Å²) in [6.45, 7) is 0. The van der Waals surface area contributed by atoms with E-state index in [1.807, 2.05) is 36.4 Å². The Balaban J connectivity index is 1.52. The molecule has 7 heteroatoms. The first-order chi connectivity index (χ1) is 14.9. The standard InChI is InChI=1S/C23H15N7/c1-2-9-25-16(5-1)14-4-3-6-17-15(14)12-20(27-17)23-22-19(29-30-23)8-7-18(28-22)21-13-24-10-11-26-21/h1-13,27H,(H,29,30). The minimum Gasteiger partial charge on any atom is -0.353 e. The van der Waals surface area contributed by atoms with Crippen LogP contribution in [0.15, 0.2) is 79.4 Å². The maximum Gasteiger partial charge on any atom is 0.135 e. The molecule has 0 unspecified atom stereocenters. The quantitative estimate of drug-likeness (QED) is 0.460. The topological polar surface area (TPSA) is 96.0 Å². The number of hydrogen-bond acceptors (Lipinski definition) is 5. The highest BCUT2D eigenvalue weighted by atomic mass is 15.1. The Morgan fingerprint density at radius 3 is 2.57 bits per heavy atom. The van der Waals surface area contributed by atoms with E-state index in [2.05, 4.69) is 48.3 Å². The molecule has 1 aromatic carbocycles. The summed E-state index contributed by atoms with van der Waals surface area (Å²) in [7, 11) is 0. The number of pyridine rings is 2. The lowest BCUT2D eigenvalue weighted by Crippen LogP contribution is -1.89. The highest BCUT2D eigenvalue weighted by Crippen LogP contribution is 2.33. The lowest BCUT2D eigenvalue weighted by molar-refractivity contribution is 1.12. The van der Waals surface area contributed by atoms with Gasteiger partial charge in [-0.3, -0.25) is 20.1 Å². The van der Waals surface area contributed by atoms with Gasteiger partial charge in [0.05, 0.1) is 28.8 Å². The van der Waals surface area contributed by atoms with Crippen LogP contribution in [0.4, 0.5) is 0 Å². The Hall–Kier alpha value is -4.39. The summed E-state index contributed by atoms with van der Waals surface area (Å²) >= 11 is 0. The molecule has 0 fully saturated rings. The first-order valence-electron chi connectivity index (χ1n) is 9.52. The van der Waals surface area contributed by atoms with Crippen molar-refractivity contribution in [2.45, 2.75) is 0 Å². The fourth-order valence-corrected chi connectivity index (χ4v) is 3.69. The predicted octanol–water partition coefficient (Wildman–Crippen LogP) is 4.63. The van der Waals surface area contributed by atoms with Crippen molar-refractivity contribution in [3.05, 3.63) is 79.4 Å². The highest BCUT2D eigenvalue weighted by molar-refractivity contribution is 6.00. The van der Waals surface area contributed by atoms with Gasteiger partial charge in [0.25, 0.3) is 0 Å². The minimum absolute atomic E-state index is 0.723. The van der Waals surface area contributed by atoms with E-state index >= 15 is 0 Å². The highest BCUT2D eigenvalue weighted by Gasteiger charge is 2.15. The SMILES string of the molecule is c1ccc(-c2cccc3[nH]c(-c4n[nH]c5ccc(-c6cnccn6)nc45)cc23)nc1. The van der Waals surface area contributed by atoms with Crippen LogP contribution in [0.2, 0.25) is 0 Å². The number of hydrogen-bond donors (Lipinski definition) is 2. The van der Waals surface area contributed by atoms with Crippen LogP contribution in [0.25, 0.3) is 56.0 Å². The lowest BCUT2D eigenvalue weighted by Gasteiger charge is -2.01. The summed E-state index contributed by atoms with van der Waals surface area (Å²) in [4.78, 5) is 21.3. The molecule has 5 heterocycles. The Kier molecular flexibility index (Phi) is 3.64. The smallest absolute Gasteiger partial charge is 0.135 e. The van der Waals surface area contributed by atoms with Crippen molar-refractivity contribution in [2.24, 2.45) is 0 Å². The third-order valence-electron chi connectivity index (χ3n) is 5.09. The molecule has 5 aromatic heterocycles. The van der Waals surface area contributed by atoms with Crippen LogP contribution in [0.5, 0.6) is 0 Å². The molecule has 0 aliphatic rings. The minimum atomic E-state index is 0.723. The van der Waals surface area contributed by atoms with Crippen molar-refractivity contribution in [1.29, 1.82) is 0 Å². The Labute approximate surface area is 170 Å². The number of nitrogens with zero attached hydrogens (tertiary/aromatic N) is 5. The molecule has 0 bridgehead atoms. The summed E-state index contributed by atoms with van der Waals surface area (Å²) in [5.41, 5.74) is 7.80. The number of fused-ring (bicyclic) bond motifs is 2. The molecule has 6 aromatic rings. The average Bonchev–Trinajstić information content (AvgIpc) is 3.43. The van der Waals surface area contributed by atoms with Crippen LogP contribution in [0.1, 0.15) is 0 Å². The number of nitrogens with one attached hydrogen (secondary N) is 2.